The Bertz CT molecular complexity index is 386. The van der Waals surface area contributed by atoms with Crippen molar-refractivity contribution in [2.24, 2.45) is 0 Å². The van der Waals surface area contributed by atoms with E-state index in [1.54, 1.807) is 16.3 Å². The van der Waals surface area contributed by atoms with Crippen LogP contribution in [0.25, 0.3) is 0 Å². The maximum Gasteiger partial charge on any atom is 0.344 e. The molecule has 1 fully saturated rings. The van der Waals surface area contributed by atoms with Gasteiger partial charge in [0.25, 0.3) is 0 Å². The van der Waals surface area contributed by atoms with Gasteiger partial charge in [-0.2, -0.15) is 0 Å². The molecule has 16 heavy (non-hydrogen) atoms. The summed E-state index contributed by atoms with van der Waals surface area (Å²) >= 11 is 7.27. The van der Waals surface area contributed by atoms with Crippen molar-refractivity contribution in [2.45, 2.75) is 43.3 Å². The summed E-state index contributed by atoms with van der Waals surface area (Å²) < 4.78 is 1.80. The number of halogens is 1. The molecule has 1 N–H and O–H groups in total. The molecule has 2 rings (SSSR count). The molecule has 0 aliphatic heterocycles. The highest BCUT2D eigenvalue weighted by Gasteiger charge is 2.28. The number of unbranched alkanes of at least 4 members (excludes halogenated alkanes) is 2. The van der Waals surface area contributed by atoms with Gasteiger partial charge < -0.3 is 0 Å². The van der Waals surface area contributed by atoms with Crippen LogP contribution in [0.15, 0.2) is 9.95 Å². The lowest BCUT2D eigenvalue weighted by Gasteiger charge is -2.02. The Kier molecular flexibility index (Phi) is 4.35. The number of nitrogens with zero attached hydrogens (tertiary/aromatic N) is 2. The van der Waals surface area contributed by atoms with Gasteiger partial charge in [0.2, 0.25) is 0 Å². The number of hydrogen-bond acceptors (Lipinski definition) is 3. The number of thioether (sulfide) groups is 1. The maximum atomic E-state index is 11.5. The summed E-state index contributed by atoms with van der Waals surface area (Å²) in [5.74, 6) is 1.74. The fourth-order valence-corrected chi connectivity index (χ4v) is 2.78. The first-order valence-electron chi connectivity index (χ1n) is 5.68. The summed E-state index contributed by atoms with van der Waals surface area (Å²) in [6.07, 6.45) is 5.56. The molecule has 4 nitrogen and oxygen atoms in total. The van der Waals surface area contributed by atoms with Gasteiger partial charge in [-0.15, -0.1) is 16.7 Å². The van der Waals surface area contributed by atoms with Crippen LogP contribution in [0.3, 0.4) is 0 Å². The molecule has 1 aliphatic carbocycles. The number of hydrogen-bond donors (Lipinski definition) is 1. The van der Waals surface area contributed by atoms with Gasteiger partial charge in [0.1, 0.15) is 0 Å². The largest absolute Gasteiger partial charge is 0.344 e. The molecule has 1 aromatic rings. The van der Waals surface area contributed by atoms with Crippen LogP contribution in [0.5, 0.6) is 0 Å². The average molecular weight is 262 g/mol. The molecule has 0 unspecified atom stereocenters. The van der Waals surface area contributed by atoms with Crippen molar-refractivity contribution < 1.29 is 0 Å². The zero-order valence-corrected chi connectivity index (χ0v) is 10.7. The Morgan fingerprint density at radius 3 is 2.94 bits per heavy atom. The van der Waals surface area contributed by atoms with E-state index in [0.717, 1.165) is 48.9 Å². The molecule has 0 saturated heterocycles. The van der Waals surface area contributed by atoms with E-state index in [4.69, 9.17) is 11.6 Å². The van der Waals surface area contributed by atoms with Gasteiger partial charge in [-0.05, 0) is 25.7 Å². The molecule has 90 valence electrons. The van der Waals surface area contributed by atoms with Crippen molar-refractivity contribution in [3.8, 4) is 0 Å². The highest BCUT2D eigenvalue weighted by molar-refractivity contribution is 7.99. The first kappa shape index (κ1) is 12.0. The van der Waals surface area contributed by atoms with Crippen LogP contribution >= 0.6 is 23.4 Å². The van der Waals surface area contributed by atoms with E-state index in [1.165, 1.54) is 0 Å². The highest BCUT2D eigenvalue weighted by Crippen LogP contribution is 2.36. The summed E-state index contributed by atoms with van der Waals surface area (Å²) in [6, 6.07) is 0.400. The minimum absolute atomic E-state index is 0.0641. The molecule has 1 saturated carbocycles. The second-order valence-corrected chi connectivity index (χ2v) is 5.45. The number of alkyl halides is 1. The third-order valence-corrected chi connectivity index (χ3v) is 3.90. The number of nitrogens with one attached hydrogen (secondary N) is 1. The molecular weight excluding hydrogens is 246 g/mol. The van der Waals surface area contributed by atoms with Gasteiger partial charge in [-0.3, -0.25) is 4.57 Å². The Labute approximate surface area is 104 Å². The lowest BCUT2D eigenvalue weighted by Crippen LogP contribution is -2.16. The van der Waals surface area contributed by atoms with Crippen LogP contribution in [0.2, 0.25) is 0 Å². The van der Waals surface area contributed by atoms with Crippen LogP contribution < -0.4 is 5.69 Å². The van der Waals surface area contributed by atoms with Crippen LogP contribution in [-0.4, -0.2) is 26.4 Å². The van der Waals surface area contributed by atoms with Crippen LogP contribution in [-0.2, 0) is 0 Å². The third kappa shape index (κ3) is 3.04. The number of H-pyrrole nitrogens is 1. The molecule has 0 bridgehead atoms. The molecule has 0 radical (unpaired) electrons. The number of aromatic nitrogens is 3. The van der Waals surface area contributed by atoms with Gasteiger partial charge in [0, 0.05) is 17.7 Å². The van der Waals surface area contributed by atoms with Gasteiger partial charge in [0.05, 0.1) is 0 Å². The smallest absolute Gasteiger partial charge is 0.267 e. The van der Waals surface area contributed by atoms with Crippen molar-refractivity contribution >= 4 is 23.4 Å². The fourth-order valence-electron chi connectivity index (χ4n) is 1.58. The minimum Gasteiger partial charge on any atom is -0.267 e. The van der Waals surface area contributed by atoms with E-state index in [1.807, 2.05) is 0 Å². The summed E-state index contributed by atoms with van der Waals surface area (Å²) in [5.41, 5.74) is -0.0641. The molecule has 1 aromatic heterocycles. The van der Waals surface area contributed by atoms with E-state index in [-0.39, 0.29) is 5.69 Å². The normalized spacial score (nSPS) is 15.6. The lowest BCUT2D eigenvalue weighted by atomic mass is 10.3. The molecule has 1 aliphatic rings. The summed E-state index contributed by atoms with van der Waals surface area (Å²) in [6.45, 7) is 0. The summed E-state index contributed by atoms with van der Waals surface area (Å²) in [4.78, 5) is 11.5. The molecule has 0 amide bonds. The van der Waals surface area contributed by atoms with Crippen molar-refractivity contribution in [2.75, 3.05) is 11.6 Å². The molecule has 0 spiro atoms. The lowest BCUT2D eigenvalue weighted by molar-refractivity contribution is 0.641. The first-order valence-corrected chi connectivity index (χ1v) is 7.20. The predicted octanol–water partition coefficient (Wildman–Crippen LogP) is 2.41. The quantitative estimate of drug-likeness (QED) is 0.466. The zero-order valence-electron chi connectivity index (χ0n) is 9.12. The van der Waals surface area contributed by atoms with E-state index in [9.17, 15) is 4.79 Å². The van der Waals surface area contributed by atoms with E-state index in [2.05, 4.69) is 10.2 Å². The van der Waals surface area contributed by atoms with Crippen molar-refractivity contribution in [1.29, 1.82) is 0 Å². The average Bonchev–Trinajstić information content (AvgIpc) is 3.04. The second-order valence-electron chi connectivity index (χ2n) is 4.01. The number of rotatable bonds is 7. The number of aromatic amines is 1. The van der Waals surface area contributed by atoms with Gasteiger partial charge in [-0.1, -0.05) is 18.2 Å². The standard InChI is InChI=1S/C10H16ClN3OS/c11-6-2-1-3-7-16-10-13-12-9(15)14(10)8-4-5-8/h8H,1-7H2,(H,12,15). The Morgan fingerprint density at radius 1 is 1.44 bits per heavy atom. The van der Waals surface area contributed by atoms with Crippen LogP contribution in [0.1, 0.15) is 38.1 Å². The molecule has 1 heterocycles. The molecular formula is C10H16ClN3OS. The SMILES string of the molecule is O=c1[nH]nc(SCCCCCCl)n1C1CC1. The summed E-state index contributed by atoms with van der Waals surface area (Å²) in [7, 11) is 0. The molecule has 0 aromatic carbocycles. The minimum atomic E-state index is -0.0641. The highest BCUT2D eigenvalue weighted by atomic mass is 35.5. The zero-order chi connectivity index (χ0) is 11.4. The van der Waals surface area contributed by atoms with Gasteiger partial charge in [0.15, 0.2) is 5.16 Å². The second kappa shape index (κ2) is 5.77. The van der Waals surface area contributed by atoms with Crippen molar-refractivity contribution in [1.82, 2.24) is 14.8 Å². The predicted molar refractivity (Wildman–Crippen MR) is 66.4 cm³/mol. The van der Waals surface area contributed by atoms with Crippen LogP contribution in [0.4, 0.5) is 0 Å². The monoisotopic (exact) mass is 261 g/mol. The summed E-state index contributed by atoms with van der Waals surface area (Å²) in [5, 5.41) is 7.43. The van der Waals surface area contributed by atoms with E-state index < -0.39 is 0 Å². The Balaban J connectivity index is 1.82. The van der Waals surface area contributed by atoms with Gasteiger partial charge in [-0.25, -0.2) is 9.89 Å². The topological polar surface area (TPSA) is 50.7 Å². The van der Waals surface area contributed by atoms with E-state index in [0.29, 0.717) is 6.04 Å². The first-order chi connectivity index (χ1) is 7.83. The maximum absolute atomic E-state index is 11.5. The van der Waals surface area contributed by atoms with Gasteiger partial charge >= 0.3 is 5.69 Å². The molecule has 6 heteroatoms. The van der Waals surface area contributed by atoms with E-state index >= 15 is 0 Å². The van der Waals surface area contributed by atoms with Crippen molar-refractivity contribution in [3.05, 3.63) is 10.5 Å². The van der Waals surface area contributed by atoms with Crippen LogP contribution in [0, 0.1) is 0 Å². The Morgan fingerprint density at radius 2 is 2.25 bits per heavy atom. The fraction of sp³-hybridized carbons (Fsp3) is 0.800. The van der Waals surface area contributed by atoms with Crippen molar-refractivity contribution in [3.63, 3.8) is 0 Å². The third-order valence-electron chi connectivity index (χ3n) is 2.59. The Hall–Kier alpha value is -0.420. The molecule has 0 atom stereocenters.